The van der Waals surface area contributed by atoms with Crippen molar-refractivity contribution in [1.29, 1.82) is 0 Å². The third kappa shape index (κ3) is 8.69. The second-order valence-electron chi connectivity index (χ2n) is 7.21. The van der Waals surface area contributed by atoms with Crippen molar-refractivity contribution in [2.24, 2.45) is 23.7 Å². The van der Waals surface area contributed by atoms with Gasteiger partial charge in [-0.15, -0.1) is 0 Å². The first-order valence-electron chi connectivity index (χ1n) is 8.08. The Bertz CT molecular complexity index is 170. The summed E-state index contributed by atoms with van der Waals surface area (Å²) in [6.45, 7) is 9.29. The molecule has 0 amide bonds. The van der Waals surface area contributed by atoms with Gasteiger partial charge >= 0.3 is 0 Å². The molecule has 0 aromatic carbocycles. The van der Waals surface area contributed by atoms with Crippen LogP contribution in [0.1, 0.15) is 85.5 Å². The molecule has 0 aromatic heterocycles. The summed E-state index contributed by atoms with van der Waals surface area (Å²) < 4.78 is 0. The zero-order valence-corrected chi connectivity index (χ0v) is 12.7. The normalized spacial score (nSPS) is 21.5. The Morgan fingerprint density at radius 1 is 0.647 bits per heavy atom. The summed E-state index contributed by atoms with van der Waals surface area (Å²) in [6, 6.07) is 0. The van der Waals surface area contributed by atoms with Gasteiger partial charge in [-0.25, -0.2) is 0 Å². The van der Waals surface area contributed by atoms with Gasteiger partial charge < -0.3 is 0 Å². The van der Waals surface area contributed by atoms with Crippen LogP contribution in [0.5, 0.6) is 0 Å². The molecule has 0 radical (unpaired) electrons. The fraction of sp³-hybridized carbons (Fsp3) is 1.00. The second kappa shape index (κ2) is 8.16. The summed E-state index contributed by atoms with van der Waals surface area (Å²) in [5.41, 5.74) is 0. The van der Waals surface area contributed by atoms with Gasteiger partial charge in [-0.1, -0.05) is 72.6 Å². The van der Waals surface area contributed by atoms with Gasteiger partial charge in [0.2, 0.25) is 0 Å². The lowest BCUT2D eigenvalue weighted by atomic mass is 9.84. The molecule has 2 fully saturated rings. The molecule has 0 spiro atoms. The van der Waals surface area contributed by atoms with E-state index in [-0.39, 0.29) is 0 Å². The minimum absolute atomic E-state index is 0.920. The van der Waals surface area contributed by atoms with Crippen LogP contribution < -0.4 is 0 Å². The lowest BCUT2D eigenvalue weighted by Crippen LogP contribution is -2.08. The van der Waals surface area contributed by atoms with Crippen LogP contribution in [0.4, 0.5) is 0 Å². The van der Waals surface area contributed by atoms with Gasteiger partial charge in [0.05, 0.1) is 0 Å². The van der Waals surface area contributed by atoms with Gasteiger partial charge in [0.15, 0.2) is 0 Å². The Kier molecular flexibility index (Phi) is 7.23. The van der Waals surface area contributed by atoms with E-state index in [0.29, 0.717) is 0 Å². The van der Waals surface area contributed by atoms with E-state index in [9.17, 15) is 0 Å². The summed E-state index contributed by atoms with van der Waals surface area (Å²) in [4.78, 5) is 0. The van der Waals surface area contributed by atoms with Gasteiger partial charge in [-0.05, 0) is 36.5 Å². The number of hydrogen-bond acceptors (Lipinski definition) is 0. The maximum atomic E-state index is 2.34. The summed E-state index contributed by atoms with van der Waals surface area (Å²) in [6.07, 6.45) is 13.5. The molecule has 17 heavy (non-hydrogen) atoms. The van der Waals surface area contributed by atoms with E-state index in [1.54, 1.807) is 0 Å². The largest absolute Gasteiger partial charge is 0.0628 e. The highest BCUT2D eigenvalue weighted by atomic mass is 14.3. The molecule has 0 saturated heterocycles. The standard InChI is InChI=1S/C10H20.C7H14/c1-9(2)8-10-6-4-3-5-7-10;1-6(2)5-7-3-4-7/h9-10H,3-8H2,1-2H3;6-7H,3-5H2,1-2H3. The molecule has 0 heteroatoms. The number of hydrogen-bond donors (Lipinski definition) is 0. The van der Waals surface area contributed by atoms with Crippen molar-refractivity contribution in [2.75, 3.05) is 0 Å². The van der Waals surface area contributed by atoms with Gasteiger partial charge in [0.1, 0.15) is 0 Å². The molecule has 2 rings (SSSR count). The lowest BCUT2D eigenvalue weighted by Gasteiger charge is -2.22. The molecule has 2 saturated carbocycles. The van der Waals surface area contributed by atoms with Gasteiger partial charge in [0.25, 0.3) is 0 Å². The first-order chi connectivity index (χ1) is 8.08. The summed E-state index contributed by atoms with van der Waals surface area (Å²) >= 11 is 0. The van der Waals surface area contributed by atoms with Crippen molar-refractivity contribution in [3.05, 3.63) is 0 Å². The Morgan fingerprint density at radius 3 is 1.41 bits per heavy atom. The molecule has 2 aliphatic rings. The molecule has 102 valence electrons. The molecule has 0 heterocycles. The van der Waals surface area contributed by atoms with Crippen molar-refractivity contribution in [3.63, 3.8) is 0 Å². The third-order valence-electron chi connectivity index (χ3n) is 4.03. The zero-order chi connectivity index (χ0) is 12.7. The first kappa shape index (κ1) is 15.1. The maximum Gasteiger partial charge on any atom is -0.0412 e. The van der Waals surface area contributed by atoms with E-state index in [1.165, 1.54) is 57.8 Å². The molecule has 0 unspecified atom stereocenters. The highest BCUT2D eigenvalue weighted by Crippen LogP contribution is 2.34. The Morgan fingerprint density at radius 2 is 1.06 bits per heavy atom. The van der Waals surface area contributed by atoms with Gasteiger partial charge in [-0.3, -0.25) is 0 Å². The second-order valence-corrected chi connectivity index (χ2v) is 7.21. The van der Waals surface area contributed by atoms with Crippen molar-refractivity contribution in [3.8, 4) is 0 Å². The van der Waals surface area contributed by atoms with Crippen LogP contribution in [0.25, 0.3) is 0 Å². The average Bonchev–Trinajstić information content (AvgIpc) is 3.02. The van der Waals surface area contributed by atoms with Gasteiger partial charge in [-0.2, -0.15) is 0 Å². The molecule has 0 bridgehead atoms. The molecule has 0 nitrogen and oxygen atoms in total. The number of rotatable bonds is 4. The van der Waals surface area contributed by atoms with Crippen molar-refractivity contribution < 1.29 is 0 Å². The monoisotopic (exact) mass is 238 g/mol. The first-order valence-corrected chi connectivity index (χ1v) is 8.08. The average molecular weight is 238 g/mol. The van der Waals surface area contributed by atoms with Crippen LogP contribution >= 0.6 is 0 Å². The van der Waals surface area contributed by atoms with Crippen molar-refractivity contribution in [1.82, 2.24) is 0 Å². The van der Waals surface area contributed by atoms with Crippen LogP contribution in [-0.2, 0) is 0 Å². The van der Waals surface area contributed by atoms with Crippen LogP contribution in [0.2, 0.25) is 0 Å². The smallest absolute Gasteiger partial charge is 0.0412 e. The van der Waals surface area contributed by atoms with Crippen molar-refractivity contribution in [2.45, 2.75) is 85.5 Å². The fourth-order valence-electron chi connectivity index (χ4n) is 3.11. The van der Waals surface area contributed by atoms with Crippen molar-refractivity contribution >= 4 is 0 Å². The van der Waals surface area contributed by atoms with Crippen LogP contribution in [0.15, 0.2) is 0 Å². The van der Waals surface area contributed by atoms with E-state index in [1.807, 2.05) is 0 Å². The maximum absolute atomic E-state index is 2.34. The van der Waals surface area contributed by atoms with Crippen LogP contribution in [0, 0.1) is 23.7 Å². The van der Waals surface area contributed by atoms with Crippen LogP contribution in [-0.4, -0.2) is 0 Å². The highest BCUT2D eigenvalue weighted by Gasteiger charge is 2.21. The van der Waals surface area contributed by atoms with Gasteiger partial charge in [0, 0.05) is 0 Å². The molecule has 0 aliphatic heterocycles. The Balaban J connectivity index is 0.000000181. The zero-order valence-electron chi connectivity index (χ0n) is 12.7. The minimum atomic E-state index is 0.920. The highest BCUT2D eigenvalue weighted by molar-refractivity contribution is 4.73. The van der Waals surface area contributed by atoms with E-state index < -0.39 is 0 Å². The predicted molar refractivity (Wildman–Crippen MR) is 78.2 cm³/mol. The van der Waals surface area contributed by atoms with E-state index in [2.05, 4.69) is 27.7 Å². The van der Waals surface area contributed by atoms with Crippen LogP contribution in [0.3, 0.4) is 0 Å². The minimum Gasteiger partial charge on any atom is -0.0628 e. The Labute approximate surface area is 110 Å². The molecule has 0 aromatic rings. The predicted octanol–water partition coefficient (Wildman–Crippen LogP) is 6.06. The molecular formula is C17H34. The molecular weight excluding hydrogens is 204 g/mol. The summed E-state index contributed by atoms with van der Waals surface area (Å²) in [5, 5.41) is 0. The molecule has 0 N–H and O–H groups in total. The SMILES string of the molecule is CC(C)CC1CC1.CC(C)CC1CCCCC1. The lowest BCUT2D eigenvalue weighted by molar-refractivity contribution is 0.305. The van der Waals surface area contributed by atoms with E-state index in [0.717, 1.165) is 23.7 Å². The van der Waals surface area contributed by atoms with E-state index >= 15 is 0 Å². The third-order valence-corrected chi connectivity index (χ3v) is 4.03. The summed E-state index contributed by atoms with van der Waals surface area (Å²) in [7, 11) is 0. The topological polar surface area (TPSA) is 0 Å². The summed E-state index contributed by atoms with van der Waals surface area (Å²) in [5.74, 6) is 4.06. The molecule has 2 aliphatic carbocycles. The molecule has 0 atom stereocenters. The quantitative estimate of drug-likeness (QED) is 0.559. The Hall–Kier alpha value is 0. The fourth-order valence-corrected chi connectivity index (χ4v) is 3.11. The van der Waals surface area contributed by atoms with E-state index in [4.69, 9.17) is 0 Å².